The highest BCUT2D eigenvalue weighted by Gasteiger charge is 2.27. The highest BCUT2D eigenvalue weighted by molar-refractivity contribution is 5.90. The number of rotatable bonds is 4. The van der Waals surface area contributed by atoms with E-state index in [1.54, 1.807) is 20.9 Å². The number of H-pyrrole nitrogens is 1. The Kier molecular flexibility index (Phi) is 3.54. The van der Waals surface area contributed by atoms with Crippen molar-refractivity contribution in [1.29, 1.82) is 0 Å². The lowest BCUT2D eigenvalue weighted by atomic mass is 9.92. The summed E-state index contributed by atoms with van der Waals surface area (Å²) in [5.74, 6) is -0.667. The molecule has 16 heavy (non-hydrogen) atoms. The maximum atomic E-state index is 11.4. The fourth-order valence-electron chi connectivity index (χ4n) is 1.06. The third-order valence-corrected chi connectivity index (χ3v) is 2.08. The number of nitrogens with one attached hydrogen (secondary N) is 3. The summed E-state index contributed by atoms with van der Waals surface area (Å²) in [4.78, 5) is 22.9. The van der Waals surface area contributed by atoms with Crippen molar-refractivity contribution in [2.24, 2.45) is 5.41 Å². The second kappa shape index (κ2) is 4.69. The first-order valence-electron chi connectivity index (χ1n) is 4.71. The van der Waals surface area contributed by atoms with Crippen molar-refractivity contribution in [3.63, 3.8) is 0 Å². The Labute approximate surface area is 92.2 Å². The summed E-state index contributed by atoms with van der Waals surface area (Å²) < 4.78 is 0. The summed E-state index contributed by atoms with van der Waals surface area (Å²) >= 11 is 0. The van der Waals surface area contributed by atoms with Crippen LogP contribution in [0.3, 0.4) is 0 Å². The molecule has 2 amide bonds. The summed E-state index contributed by atoms with van der Waals surface area (Å²) in [5.41, 5.74) is -0.686. The summed E-state index contributed by atoms with van der Waals surface area (Å²) in [5, 5.41) is 17.6. The van der Waals surface area contributed by atoms with Gasteiger partial charge in [0, 0.05) is 13.6 Å². The maximum absolute atomic E-state index is 11.4. The summed E-state index contributed by atoms with van der Waals surface area (Å²) in [7, 11) is 1.55. The monoisotopic (exact) mass is 226 g/mol. The van der Waals surface area contributed by atoms with Gasteiger partial charge >= 0.3 is 0 Å². The molecule has 8 nitrogen and oxygen atoms in total. The van der Waals surface area contributed by atoms with Crippen LogP contribution >= 0.6 is 0 Å². The van der Waals surface area contributed by atoms with E-state index in [0.29, 0.717) is 0 Å². The molecule has 0 spiro atoms. The quantitative estimate of drug-likeness (QED) is 0.590. The predicted octanol–water partition coefficient (Wildman–Crippen LogP) is -1.30. The van der Waals surface area contributed by atoms with Crippen molar-refractivity contribution >= 4 is 11.8 Å². The summed E-state index contributed by atoms with van der Waals surface area (Å²) in [6, 6.07) is 0. The number of carbonyl (C=O) groups is 2. The van der Waals surface area contributed by atoms with Crippen molar-refractivity contribution in [2.75, 3.05) is 13.6 Å². The minimum atomic E-state index is -0.686. The third-order valence-electron chi connectivity index (χ3n) is 2.08. The molecule has 1 aromatic rings. The molecule has 8 heteroatoms. The van der Waals surface area contributed by atoms with E-state index < -0.39 is 11.3 Å². The zero-order valence-electron chi connectivity index (χ0n) is 9.37. The van der Waals surface area contributed by atoms with E-state index in [2.05, 4.69) is 31.3 Å². The van der Waals surface area contributed by atoms with Gasteiger partial charge in [-0.1, -0.05) is 0 Å². The van der Waals surface area contributed by atoms with Gasteiger partial charge in [-0.15, -0.1) is 10.2 Å². The molecule has 0 bridgehead atoms. The van der Waals surface area contributed by atoms with Crippen LogP contribution in [-0.4, -0.2) is 46.0 Å². The number of nitrogens with zero attached hydrogens (tertiary/aromatic N) is 3. The largest absolute Gasteiger partial charge is 0.359 e. The molecule has 1 aromatic heterocycles. The standard InChI is InChI=1S/C8H14N6O2/c1-8(2,7(16)9-3)4-10-6(15)5-11-13-14-12-5/h4H2,1-3H3,(H,9,16)(H,10,15)(H,11,12,13,14). The first-order valence-corrected chi connectivity index (χ1v) is 4.71. The fraction of sp³-hybridized carbons (Fsp3) is 0.625. The van der Waals surface area contributed by atoms with Gasteiger partial charge in [0.15, 0.2) is 0 Å². The minimum absolute atomic E-state index is 0.0484. The molecule has 0 saturated heterocycles. The molecule has 0 saturated carbocycles. The van der Waals surface area contributed by atoms with E-state index in [-0.39, 0.29) is 18.3 Å². The average molecular weight is 226 g/mol. The molecule has 1 rings (SSSR count). The van der Waals surface area contributed by atoms with E-state index in [9.17, 15) is 9.59 Å². The molecule has 0 aliphatic rings. The van der Waals surface area contributed by atoms with Gasteiger partial charge in [0.1, 0.15) is 0 Å². The Morgan fingerprint density at radius 1 is 1.44 bits per heavy atom. The molecule has 3 N–H and O–H groups in total. The van der Waals surface area contributed by atoms with Crippen molar-refractivity contribution in [1.82, 2.24) is 31.3 Å². The molecule has 0 fully saturated rings. The van der Waals surface area contributed by atoms with Crippen LogP contribution in [0.1, 0.15) is 24.5 Å². The molecule has 88 valence electrons. The van der Waals surface area contributed by atoms with Crippen LogP contribution < -0.4 is 10.6 Å². The van der Waals surface area contributed by atoms with Gasteiger partial charge in [-0.25, -0.2) is 0 Å². The number of aromatic amines is 1. The third kappa shape index (κ3) is 2.75. The lowest BCUT2D eigenvalue weighted by molar-refractivity contribution is -0.128. The summed E-state index contributed by atoms with van der Waals surface area (Å²) in [6.45, 7) is 3.64. The maximum Gasteiger partial charge on any atom is 0.292 e. The average Bonchev–Trinajstić information content (AvgIpc) is 2.78. The van der Waals surface area contributed by atoms with E-state index >= 15 is 0 Å². The molecular weight excluding hydrogens is 212 g/mol. The van der Waals surface area contributed by atoms with Crippen LogP contribution in [0, 0.1) is 5.41 Å². The smallest absolute Gasteiger partial charge is 0.292 e. The molecule has 0 aromatic carbocycles. The second-order valence-corrected chi connectivity index (χ2v) is 3.88. The minimum Gasteiger partial charge on any atom is -0.359 e. The van der Waals surface area contributed by atoms with Crippen LogP contribution in [0.25, 0.3) is 0 Å². The zero-order chi connectivity index (χ0) is 12.2. The number of hydrogen-bond donors (Lipinski definition) is 3. The highest BCUT2D eigenvalue weighted by atomic mass is 16.2. The van der Waals surface area contributed by atoms with Gasteiger partial charge in [-0.3, -0.25) is 9.59 Å². The van der Waals surface area contributed by atoms with Crippen molar-refractivity contribution in [2.45, 2.75) is 13.8 Å². The first kappa shape index (κ1) is 12.1. The normalized spacial score (nSPS) is 10.9. The summed E-state index contributed by atoms with van der Waals surface area (Å²) in [6.07, 6.45) is 0. The zero-order valence-corrected chi connectivity index (χ0v) is 9.37. The Balaban J connectivity index is 2.52. The molecule has 0 atom stereocenters. The van der Waals surface area contributed by atoms with Crippen LogP contribution in [0.2, 0.25) is 0 Å². The number of aromatic nitrogens is 4. The molecule has 0 aliphatic carbocycles. The van der Waals surface area contributed by atoms with Crippen molar-refractivity contribution < 1.29 is 9.59 Å². The van der Waals surface area contributed by atoms with Crippen LogP contribution in [-0.2, 0) is 4.79 Å². The van der Waals surface area contributed by atoms with Crippen LogP contribution in [0.15, 0.2) is 0 Å². The Morgan fingerprint density at radius 3 is 2.62 bits per heavy atom. The molecule has 0 unspecified atom stereocenters. The lowest BCUT2D eigenvalue weighted by Crippen LogP contribution is -2.43. The Bertz CT molecular complexity index is 372. The van der Waals surface area contributed by atoms with Crippen LogP contribution in [0.5, 0.6) is 0 Å². The van der Waals surface area contributed by atoms with Gasteiger partial charge < -0.3 is 10.6 Å². The van der Waals surface area contributed by atoms with Crippen LogP contribution in [0.4, 0.5) is 0 Å². The predicted molar refractivity (Wildman–Crippen MR) is 54.4 cm³/mol. The molecule has 0 aliphatic heterocycles. The van der Waals surface area contributed by atoms with Gasteiger partial charge in [-0.05, 0) is 19.1 Å². The number of amides is 2. The van der Waals surface area contributed by atoms with Crippen molar-refractivity contribution in [3.8, 4) is 0 Å². The van der Waals surface area contributed by atoms with Gasteiger partial charge in [0.25, 0.3) is 11.7 Å². The van der Waals surface area contributed by atoms with Gasteiger partial charge in [-0.2, -0.15) is 5.21 Å². The van der Waals surface area contributed by atoms with E-state index in [1.165, 1.54) is 0 Å². The van der Waals surface area contributed by atoms with Gasteiger partial charge in [0.05, 0.1) is 5.41 Å². The molecular formula is C8H14N6O2. The van der Waals surface area contributed by atoms with E-state index in [1.807, 2.05) is 0 Å². The first-order chi connectivity index (χ1) is 7.47. The lowest BCUT2D eigenvalue weighted by Gasteiger charge is -2.22. The number of carbonyl (C=O) groups excluding carboxylic acids is 2. The Morgan fingerprint density at radius 2 is 2.12 bits per heavy atom. The topological polar surface area (TPSA) is 113 Å². The molecule has 0 radical (unpaired) electrons. The second-order valence-electron chi connectivity index (χ2n) is 3.88. The van der Waals surface area contributed by atoms with E-state index in [0.717, 1.165) is 0 Å². The number of hydrogen-bond acceptors (Lipinski definition) is 5. The van der Waals surface area contributed by atoms with E-state index in [4.69, 9.17) is 0 Å². The fourth-order valence-corrected chi connectivity index (χ4v) is 1.06. The number of tetrazole rings is 1. The van der Waals surface area contributed by atoms with Crippen molar-refractivity contribution in [3.05, 3.63) is 5.82 Å². The van der Waals surface area contributed by atoms with Gasteiger partial charge in [0.2, 0.25) is 5.91 Å². The SMILES string of the molecule is CNC(=O)C(C)(C)CNC(=O)c1nn[nH]n1. The Hall–Kier alpha value is -1.99. The molecule has 1 heterocycles. The highest BCUT2D eigenvalue weighted by Crippen LogP contribution is 2.13.